The molecule has 8 nitrogen and oxygen atoms in total. The van der Waals surface area contributed by atoms with Gasteiger partial charge in [-0.15, -0.1) is 0 Å². The lowest BCUT2D eigenvalue weighted by Crippen LogP contribution is -1.94. The van der Waals surface area contributed by atoms with Crippen molar-refractivity contribution in [2.45, 2.75) is 0 Å². The SMILES string of the molecule is O=C(O)c1ccc2[nH]c3nc(Cl)ccc3c2c1.O=C(O)c1ccc2[nH]c3nccc(Cl)c3c2c1. The molecule has 4 N–H and O–H groups in total. The molecular formula is C24H14Cl2N4O4. The Morgan fingerprint density at radius 3 is 2.03 bits per heavy atom. The molecule has 0 spiro atoms. The second kappa shape index (κ2) is 8.33. The van der Waals surface area contributed by atoms with E-state index in [-0.39, 0.29) is 11.1 Å². The van der Waals surface area contributed by atoms with Crippen molar-refractivity contribution in [2.75, 3.05) is 0 Å². The monoisotopic (exact) mass is 492 g/mol. The summed E-state index contributed by atoms with van der Waals surface area (Å²) in [6.07, 6.45) is 1.61. The zero-order valence-electron chi connectivity index (χ0n) is 17.1. The molecule has 34 heavy (non-hydrogen) atoms. The molecule has 0 aliphatic heterocycles. The van der Waals surface area contributed by atoms with Gasteiger partial charge in [-0.3, -0.25) is 0 Å². The Morgan fingerprint density at radius 1 is 0.735 bits per heavy atom. The molecule has 0 unspecified atom stereocenters. The number of nitrogens with one attached hydrogen (secondary N) is 2. The molecule has 6 rings (SSSR count). The zero-order chi connectivity index (χ0) is 24.0. The van der Waals surface area contributed by atoms with Crippen molar-refractivity contribution in [3.63, 3.8) is 0 Å². The summed E-state index contributed by atoms with van der Waals surface area (Å²) in [5.41, 5.74) is 3.49. The number of H-pyrrole nitrogens is 2. The van der Waals surface area contributed by atoms with Gasteiger partial charge in [-0.25, -0.2) is 19.6 Å². The Labute approximate surface area is 200 Å². The maximum absolute atomic E-state index is 10.9. The molecule has 2 aromatic carbocycles. The van der Waals surface area contributed by atoms with E-state index >= 15 is 0 Å². The molecule has 0 amide bonds. The molecule has 0 atom stereocenters. The summed E-state index contributed by atoms with van der Waals surface area (Å²) >= 11 is 11.9. The number of rotatable bonds is 2. The van der Waals surface area contributed by atoms with Crippen molar-refractivity contribution in [2.24, 2.45) is 0 Å². The van der Waals surface area contributed by atoms with Crippen LogP contribution in [0.3, 0.4) is 0 Å². The molecule has 0 aliphatic carbocycles. The van der Waals surface area contributed by atoms with Crippen LogP contribution in [0.5, 0.6) is 0 Å². The van der Waals surface area contributed by atoms with Gasteiger partial charge in [-0.05, 0) is 54.6 Å². The van der Waals surface area contributed by atoms with E-state index in [0.29, 0.717) is 21.5 Å². The number of hydrogen-bond donors (Lipinski definition) is 4. The van der Waals surface area contributed by atoms with Crippen molar-refractivity contribution in [1.29, 1.82) is 0 Å². The average Bonchev–Trinajstić information content (AvgIpc) is 3.36. The number of halogens is 2. The van der Waals surface area contributed by atoms with Gasteiger partial charge in [0.15, 0.2) is 0 Å². The van der Waals surface area contributed by atoms with E-state index in [1.807, 2.05) is 6.07 Å². The van der Waals surface area contributed by atoms with E-state index in [0.717, 1.165) is 32.6 Å². The van der Waals surface area contributed by atoms with Crippen molar-refractivity contribution >= 4 is 79.0 Å². The van der Waals surface area contributed by atoms with Crippen LogP contribution in [0.25, 0.3) is 43.9 Å². The number of hydrogen-bond acceptors (Lipinski definition) is 4. The second-order valence-corrected chi connectivity index (χ2v) is 8.22. The molecule has 0 bridgehead atoms. The largest absolute Gasteiger partial charge is 0.478 e. The van der Waals surface area contributed by atoms with Crippen molar-refractivity contribution in [3.05, 3.63) is 82.1 Å². The van der Waals surface area contributed by atoms with Crippen molar-refractivity contribution in [1.82, 2.24) is 19.9 Å². The van der Waals surface area contributed by atoms with Crippen LogP contribution in [0.2, 0.25) is 10.2 Å². The summed E-state index contributed by atoms with van der Waals surface area (Å²) in [7, 11) is 0. The van der Waals surface area contributed by atoms with Crippen LogP contribution >= 0.6 is 23.2 Å². The Bertz CT molecular complexity index is 1760. The topological polar surface area (TPSA) is 132 Å². The fourth-order valence-electron chi connectivity index (χ4n) is 3.79. The molecule has 0 saturated carbocycles. The van der Waals surface area contributed by atoms with Gasteiger partial charge in [0.1, 0.15) is 16.4 Å². The summed E-state index contributed by atoms with van der Waals surface area (Å²) in [5, 5.41) is 22.1. The number of aromatic amines is 2. The molecule has 0 fully saturated rings. The summed E-state index contributed by atoms with van der Waals surface area (Å²) in [6.45, 7) is 0. The maximum atomic E-state index is 10.9. The predicted molar refractivity (Wildman–Crippen MR) is 131 cm³/mol. The molecule has 0 radical (unpaired) electrons. The minimum absolute atomic E-state index is 0.235. The van der Waals surface area contributed by atoms with Gasteiger partial charge in [0.05, 0.1) is 16.1 Å². The molecule has 0 aliphatic rings. The number of carboxylic acids is 2. The third-order valence-corrected chi connectivity index (χ3v) is 5.89. The molecule has 4 aromatic heterocycles. The van der Waals surface area contributed by atoms with E-state index in [4.69, 9.17) is 33.4 Å². The van der Waals surface area contributed by atoms with Crippen molar-refractivity contribution < 1.29 is 19.8 Å². The van der Waals surface area contributed by atoms with Crippen LogP contribution in [0.1, 0.15) is 20.7 Å². The Kier molecular flexibility index (Phi) is 5.31. The van der Waals surface area contributed by atoms with Crippen LogP contribution in [0.4, 0.5) is 0 Å². The number of aromatic nitrogens is 4. The Hall–Kier alpha value is -4.14. The van der Waals surface area contributed by atoms with Crippen LogP contribution in [-0.4, -0.2) is 42.1 Å². The number of nitrogens with zero attached hydrogens (tertiary/aromatic N) is 2. The van der Waals surface area contributed by atoms with Gasteiger partial charge in [0.2, 0.25) is 0 Å². The fourth-order valence-corrected chi connectivity index (χ4v) is 4.19. The highest BCUT2D eigenvalue weighted by molar-refractivity contribution is 6.37. The van der Waals surface area contributed by atoms with Crippen LogP contribution in [0, 0.1) is 0 Å². The lowest BCUT2D eigenvalue weighted by atomic mass is 10.1. The highest BCUT2D eigenvalue weighted by Gasteiger charge is 2.12. The molecule has 4 heterocycles. The zero-order valence-corrected chi connectivity index (χ0v) is 18.6. The molecule has 10 heteroatoms. The highest BCUT2D eigenvalue weighted by atomic mass is 35.5. The van der Waals surface area contributed by atoms with E-state index < -0.39 is 11.9 Å². The quantitative estimate of drug-likeness (QED) is 0.215. The minimum Gasteiger partial charge on any atom is -0.478 e. The second-order valence-electron chi connectivity index (χ2n) is 7.43. The Balaban J connectivity index is 0.000000142. The lowest BCUT2D eigenvalue weighted by Gasteiger charge is -1.96. The third kappa shape index (κ3) is 3.79. The van der Waals surface area contributed by atoms with Gasteiger partial charge in [-0.1, -0.05) is 23.2 Å². The summed E-state index contributed by atoms with van der Waals surface area (Å²) in [6, 6.07) is 15.0. The fraction of sp³-hybridized carbons (Fsp3) is 0. The van der Waals surface area contributed by atoms with Crippen LogP contribution < -0.4 is 0 Å². The number of carbonyl (C=O) groups is 2. The van der Waals surface area contributed by atoms with Gasteiger partial charge in [-0.2, -0.15) is 0 Å². The van der Waals surface area contributed by atoms with Gasteiger partial charge in [0, 0.05) is 38.8 Å². The molecule has 6 aromatic rings. The third-order valence-electron chi connectivity index (χ3n) is 5.36. The smallest absolute Gasteiger partial charge is 0.335 e. The molecular weight excluding hydrogens is 479 g/mol. The van der Waals surface area contributed by atoms with Gasteiger partial charge in [0.25, 0.3) is 0 Å². The molecule has 0 saturated heterocycles. The first-order chi connectivity index (χ1) is 16.3. The normalized spacial score (nSPS) is 11.1. The first-order valence-electron chi connectivity index (χ1n) is 9.92. The maximum Gasteiger partial charge on any atom is 0.335 e. The summed E-state index contributed by atoms with van der Waals surface area (Å²) in [5.74, 6) is -1.90. The van der Waals surface area contributed by atoms with E-state index in [9.17, 15) is 9.59 Å². The highest BCUT2D eigenvalue weighted by Crippen LogP contribution is 2.30. The van der Waals surface area contributed by atoms with Gasteiger partial charge >= 0.3 is 11.9 Å². The number of carboxylic acid groups (broad SMARTS) is 2. The number of aromatic carboxylic acids is 2. The lowest BCUT2D eigenvalue weighted by molar-refractivity contribution is 0.0686. The first-order valence-corrected chi connectivity index (χ1v) is 10.7. The minimum atomic E-state index is -0.957. The van der Waals surface area contributed by atoms with E-state index in [1.165, 1.54) is 0 Å². The first kappa shape index (κ1) is 21.7. The summed E-state index contributed by atoms with van der Waals surface area (Å²) < 4.78 is 0. The number of benzene rings is 2. The van der Waals surface area contributed by atoms with Crippen molar-refractivity contribution in [3.8, 4) is 0 Å². The molecule has 168 valence electrons. The summed E-state index contributed by atoms with van der Waals surface area (Å²) in [4.78, 5) is 36.3. The van der Waals surface area contributed by atoms with E-state index in [1.54, 1.807) is 54.7 Å². The predicted octanol–water partition coefficient (Wildman–Crippen LogP) is 6.14. The standard InChI is InChI=1S/2C12H7ClN2O2/c13-10-4-2-7-8-5-6(12(16)17)1-3-9(8)14-11(7)15-10;13-8-3-4-14-11-10(8)7-5-6(12(16)17)1-2-9(7)15-11/h2*1-5H,(H,14,15)(H,16,17). The van der Waals surface area contributed by atoms with Crippen LogP contribution in [0.15, 0.2) is 60.8 Å². The van der Waals surface area contributed by atoms with Gasteiger partial charge < -0.3 is 20.2 Å². The Morgan fingerprint density at radius 2 is 1.35 bits per heavy atom. The average molecular weight is 493 g/mol. The number of pyridine rings is 2. The number of fused-ring (bicyclic) bond motifs is 6. The van der Waals surface area contributed by atoms with E-state index in [2.05, 4.69) is 19.9 Å². The van der Waals surface area contributed by atoms with Crippen LogP contribution in [-0.2, 0) is 0 Å².